The molecule has 0 saturated heterocycles. The Labute approximate surface area is 203 Å². The third-order valence-corrected chi connectivity index (χ3v) is 6.55. The fraction of sp³-hybridized carbons (Fsp3) is 0.423. The second-order valence-corrected chi connectivity index (χ2v) is 10.2. The van der Waals surface area contributed by atoms with Crippen molar-refractivity contribution in [1.82, 2.24) is 24.6 Å². The first-order valence-corrected chi connectivity index (χ1v) is 12.0. The highest BCUT2D eigenvalue weighted by atomic mass is 19.1. The fourth-order valence-electron chi connectivity index (χ4n) is 4.71. The number of hydrogen-bond acceptors (Lipinski definition) is 5. The van der Waals surface area contributed by atoms with E-state index in [1.54, 1.807) is 23.1 Å². The molecule has 35 heavy (non-hydrogen) atoms. The van der Waals surface area contributed by atoms with Crippen LogP contribution in [0.3, 0.4) is 0 Å². The van der Waals surface area contributed by atoms with E-state index in [0.29, 0.717) is 36.8 Å². The molecule has 3 aromatic rings. The fourth-order valence-corrected chi connectivity index (χ4v) is 4.71. The summed E-state index contributed by atoms with van der Waals surface area (Å²) in [4.78, 5) is 32.1. The Balaban J connectivity index is 1.37. The van der Waals surface area contributed by atoms with Gasteiger partial charge in [0.1, 0.15) is 23.2 Å². The molecule has 2 aliphatic heterocycles. The van der Waals surface area contributed by atoms with Crippen molar-refractivity contribution < 1.29 is 14.0 Å². The highest BCUT2D eigenvalue weighted by Crippen LogP contribution is 2.27. The van der Waals surface area contributed by atoms with Crippen LogP contribution in [-0.4, -0.2) is 43.0 Å². The van der Waals surface area contributed by atoms with E-state index in [2.05, 4.69) is 25.1 Å². The third kappa shape index (κ3) is 4.54. The second kappa shape index (κ2) is 8.87. The Morgan fingerprint density at radius 1 is 1.03 bits per heavy atom. The second-order valence-electron chi connectivity index (χ2n) is 10.2. The summed E-state index contributed by atoms with van der Waals surface area (Å²) >= 11 is 0. The third-order valence-electron chi connectivity index (χ3n) is 6.55. The number of aryl methyl sites for hydroxylation is 1. The van der Waals surface area contributed by atoms with Crippen LogP contribution in [0.25, 0.3) is 11.5 Å². The zero-order valence-electron chi connectivity index (χ0n) is 20.3. The summed E-state index contributed by atoms with van der Waals surface area (Å²) in [6.45, 7) is 7.38. The molecular formula is C26H29FN6O2. The van der Waals surface area contributed by atoms with Gasteiger partial charge in [-0.05, 0) is 54.7 Å². The maximum absolute atomic E-state index is 14.9. The minimum absolute atomic E-state index is 0.0372. The summed E-state index contributed by atoms with van der Waals surface area (Å²) in [5.41, 5.74) is 1.65. The van der Waals surface area contributed by atoms with Gasteiger partial charge in [0.25, 0.3) is 5.91 Å². The number of nitrogens with zero attached hydrogens (tertiary/aromatic N) is 5. The standard InChI is InChI=1S/C26H29FN6O2/c1-26(2,3)25(35)32-12-10-16-14-19(27)18(13-17(16)15-32)24(34)29-21-8-6-7-20(28-21)23-31-30-22-9-4-5-11-33(22)23/h6-8,13-14H,4-5,9-12,15H2,1-3H3,(H,28,29,34). The van der Waals surface area contributed by atoms with Crippen LogP contribution >= 0.6 is 0 Å². The highest BCUT2D eigenvalue weighted by Gasteiger charge is 2.30. The molecular weight excluding hydrogens is 447 g/mol. The molecule has 0 bridgehead atoms. The Morgan fingerprint density at radius 2 is 1.86 bits per heavy atom. The Morgan fingerprint density at radius 3 is 2.66 bits per heavy atom. The summed E-state index contributed by atoms with van der Waals surface area (Å²) in [7, 11) is 0. The monoisotopic (exact) mass is 476 g/mol. The number of rotatable bonds is 3. The summed E-state index contributed by atoms with van der Waals surface area (Å²) < 4.78 is 16.9. The van der Waals surface area contributed by atoms with Gasteiger partial charge in [-0.15, -0.1) is 10.2 Å². The predicted octanol–water partition coefficient (Wildman–Crippen LogP) is 4.00. The highest BCUT2D eigenvalue weighted by molar-refractivity contribution is 6.04. The molecule has 0 radical (unpaired) electrons. The number of aromatic nitrogens is 4. The van der Waals surface area contributed by atoms with E-state index in [-0.39, 0.29) is 11.5 Å². The van der Waals surface area contributed by atoms with E-state index >= 15 is 0 Å². The van der Waals surface area contributed by atoms with Gasteiger partial charge in [-0.1, -0.05) is 26.8 Å². The van der Waals surface area contributed by atoms with Crippen LogP contribution in [0.1, 0.15) is 60.9 Å². The summed E-state index contributed by atoms with van der Waals surface area (Å²) in [5.74, 6) is 0.784. The quantitative estimate of drug-likeness (QED) is 0.617. The van der Waals surface area contributed by atoms with Crippen molar-refractivity contribution >= 4 is 17.6 Å². The molecule has 0 atom stereocenters. The number of benzene rings is 1. The molecule has 4 heterocycles. The molecule has 0 unspecified atom stereocenters. The molecule has 2 aromatic heterocycles. The van der Waals surface area contributed by atoms with E-state index in [9.17, 15) is 14.0 Å². The van der Waals surface area contributed by atoms with Gasteiger partial charge in [-0.25, -0.2) is 9.37 Å². The molecule has 0 saturated carbocycles. The molecule has 1 N–H and O–H groups in total. The normalized spacial score (nSPS) is 15.4. The van der Waals surface area contributed by atoms with Crippen molar-refractivity contribution in [1.29, 1.82) is 0 Å². The lowest BCUT2D eigenvalue weighted by Gasteiger charge is -2.33. The SMILES string of the molecule is CC(C)(C)C(=O)N1CCc2cc(F)c(C(=O)Nc3cccc(-c4nnc5n4CCCC5)n3)cc2C1. The van der Waals surface area contributed by atoms with Crippen molar-refractivity contribution in [3.8, 4) is 11.5 Å². The van der Waals surface area contributed by atoms with Gasteiger partial charge < -0.3 is 14.8 Å². The molecule has 0 spiro atoms. The molecule has 8 nitrogen and oxygen atoms in total. The van der Waals surface area contributed by atoms with Gasteiger partial charge in [0.2, 0.25) is 5.91 Å². The molecule has 0 fully saturated rings. The molecule has 0 aliphatic carbocycles. The van der Waals surface area contributed by atoms with Crippen molar-refractivity contribution in [3.05, 3.63) is 58.7 Å². The lowest BCUT2D eigenvalue weighted by Crippen LogP contribution is -2.42. The number of anilines is 1. The van der Waals surface area contributed by atoms with Gasteiger partial charge in [0, 0.05) is 31.5 Å². The van der Waals surface area contributed by atoms with Crippen LogP contribution in [0.2, 0.25) is 0 Å². The lowest BCUT2D eigenvalue weighted by atomic mass is 9.91. The van der Waals surface area contributed by atoms with Crippen LogP contribution in [-0.2, 0) is 30.7 Å². The molecule has 1 aromatic carbocycles. The Bertz CT molecular complexity index is 1310. The molecule has 5 rings (SSSR count). The van der Waals surface area contributed by atoms with Gasteiger partial charge in [-0.3, -0.25) is 9.59 Å². The van der Waals surface area contributed by atoms with Crippen molar-refractivity contribution in [3.63, 3.8) is 0 Å². The van der Waals surface area contributed by atoms with E-state index in [1.807, 2.05) is 26.8 Å². The van der Waals surface area contributed by atoms with Crippen LogP contribution in [0, 0.1) is 11.2 Å². The van der Waals surface area contributed by atoms with E-state index in [0.717, 1.165) is 42.8 Å². The van der Waals surface area contributed by atoms with Crippen molar-refractivity contribution in [2.45, 2.75) is 59.5 Å². The van der Waals surface area contributed by atoms with Gasteiger partial charge in [0.15, 0.2) is 5.82 Å². The van der Waals surface area contributed by atoms with Crippen LogP contribution in [0.5, 0.6) is 0 Å². The van der Waals surface area contributed by atoms with Gasteiger partial charge in [-0.2, -0.15) is 0 Å². The largest absolute Gasteiger partial charge is 0.338 e. The Kier molecular flexibility index (Phi) is 5.86. The topological polar surface area (TPSA) is 93.0 Å². The first-order chi connectivity index (χ1) is 16.7. The predicted molar refractivity (Wildman–Crippen MR) is 129 cm³/mol. The molecule has 2 aliphatic rings. The average Bonchev–Trinajstić information content (AvgIpc) is 3.26. The number of fused-ring (bicyclic) bond motifs is 2. The van der Waals surface area contributed by atoms with Gasteiger partial charge >= 0.3 is 0 Å². The van der Waals surface area contributed by atoms with E-state index < -0.39 is 17.1 Å². The van der Waals surface area contributed by atoms with Crippen molar-refractivity contribution in [2.24, 2.45) is 5.41 Å². The van der Waals surface area contributed by atoms with Crippen molar-refractivity contribution in [2.75, 3.05) is 11.9 Å². The minimum atomic E-state index is -0.586. The first-order valence-electron chi connectivity index (χ1n) is 12.0. The smallest absolute Gasteiger partial charge is 0.259 e. The number of amides is 2. The van der Waals surface area contributed by atoms with E-state index in [4.69, 9.17) is 0 Å². The summed E-state index contributed by atoms with van der Waals surface area (Å²) in [6.07, 6.45) is 3.60. The van der Waals surface area contributed by atoms with Crippen LogP contribution < -0.4 is 5.32 Å². The summed E-state index contributed by atoms with van der Waals surface area (Å²) in [5, 5.41) is 11.3. The first kappa shape index (κ1) is 23.1. The van der Waals surface area contributed by atoms with E-state index in [1.165, 1.54) is 6.07 Å². The number of carbonyl (C=O) groups is 2. The molecule has 2 amide bonds. The van der Waals surface area contributed by atoms with Gasteiger partial charge in [0.05, 0.1) is 5.56 Å². The Hall–Kier alpha value is -3.62. The number of halogens is 1. The average molecular weight is 477 g/mol. The summed E-state index contributed by atoms with van der Waals surface area (Å²) in [6, 6.07) is 8.23. The number of nitrogens with one attached hydrogen (secondary N) is 1. The number of hydrogen-bond donors (Lipinski definition) is 1. The van der Waals surface area contributed by atoms with Crippen LogP contribution in [0.4, 0.5) is 10.2 Å². The lowest BCUT2D eigenvalue weighted by molar-refractivity contribution is -0.140. The zero-order valence-corrected chi connectivity index (χ0v) is 20.3. The molecule has 182 valence electrons. The zero-order chi connectivity index (χ0) is 24.7. The molecule has 9 heteroatoms. The minimum Gasteiger partial charge on any atom is -0.338 e. The number of pyridine rings is 1. The number of carbonyl (C=O) groups excluding carboxylic acids is 2. The van der Waals surface area contributed by atoms with Crippen LogP contribution in [0.15, 0.2) is 30.3 Å². The maximum atomic E-state index is 14.9. The maximum Gasteiger partial charge on any atom is 0.259 e.